The van der Waals surface area contributed by atoms with Crippen LogP contribution in [0.25, 0.3) is 10.9 Å². The fourth-order valence-electron chi connectivity index (χ4n) is 6.15. The first kappa shape index (κ1) is 34.0. The Morgan fingerprint density at radius 2 is 1.91 bits per heavy atom. The second-order valence-corrected chi connectivity index (χ2v) is 12.8. The molecule has 0 unspecified atom stereocenters. The summed E-state index contributed by atoms with van der Waals surface area (Å²) in [6.07, 6.45) is 6.44. The standard InChI is InChI=1S/C34H39BrN6O6/c1-5-7-8-9-15-47-33(45)36-23-11-12-24-25(16-23)40(39-30(24)22(4)42)19-29(43)41-26(17-34(18-27(34)41)20-46-14-6-2)32(44)38-31-21(3)10-13-28(35)37-31/h5-6,10-13,16,26-27H,1-2,7-9,14-15,17-20H2,3-4H3,(H,36,45)(H,37,38,44)/t26-,27+,34-/m0/s1. The van der Waals surface area contributed by atoms with Crippen molar-refractivity contribution in [3.05, 3.63) is 71.5 Å². The number of halogens is 1. The molecule has 13 heteroatoms. The molecule has 0 spiro atoms. The molecule has 1 saturated heterocycles. The van der Waals surface area contributed by atoms with Gasteiger partial charge in [0.05, 0.1) is 25.3 Å². The highest BCUT2D eigenvalue weighted by molar-refractivity contribution is 9.10. The first-order chi connectivity index (χ1) is 22.6. The molecule has 1 saturated carbocycles. The van der Waals surface area contributed by atoms with Crippen molar-refractivity contribution in [2.24, 2.45) is 5.41 Å². The fraction of sp³-hybridized carbons (Fsp3) is 0.412. The van der Waals surface area contributed by atoms with Crippen LogP contribution in [0.5, 0.6) is 0 Å². The summed E-state index contributed by atoms with van der Waals surface area (Å²) in [5.74, 6) is -0.522. The minimum Gasteiger partial charge on any atom is -0.449 e. The predicted octanol–water partition coefficient (Wildman–Crippen LogP) is 5.81. The smallest absolute Gasteiger partial charge is 0.411 e. The Bertz CT molecular complexity index is 1720. The van der Waals surface area contributed by atoms with E-state index < -0.39 is 12.1 Å². The number of rotatable bonds is 15. The summed E-state index contributed by atoms with van der Waals surface area (Å²) < 4.78 is 13.1. The van der Waals surface area contributed by atoms with Crippen LogP contribution in [0.15, 0.2) is 60.2 Å². The van der Waals surface area contributed by atoms with Crippen LogP contribution >= 0.6 is 15.9 Å². The number of allylic oxidation sites excluding steroid dienone is 1. The molecule has 3 heterocycles. The Hall–Kier alpha value is -4.36. The monoisotopic (exact) mass is 706 g/mol. The van der Waals surface area contributed by atoms with Crippen LogP contribution in [0.1, 0.15) is 55.1 Å². The molecular weight excluding hydrogens is 668 g/mol. The molecule has 2 aliphatic rings. The number of ketones is 1. The molecule has 3 aromatic rings. The summed E-state index contributed by atoms with van der Waals surface area (Å²) in [6, 6.07) is 7.67. The number of hydrogen-bond acceptors (Lipinski definition) is 8. The Morgan fingerprint density at radius 3 is 2.66 bits per heavy atom. The van der Waals surface area contributed by atoms with Crippen LogP contribution in [-0.4, -0.2) is 75.3 Å². The van der Waals surface area contributed by atoms with Gasteiger partial charge in [-0.3, -0.25) is 24.4 Å². The summed E-state index contributed by atoms with van der Waals surface area (Å²) in [5.41, 5.74) is 1.55. The largest absolute Gasteiger partial charge is 0.449 e. The third-order valence-electron chi connectivity index (χ3n) is 8.59. The molecule has 248 valence electrons. The maximum atomic E-state index is 14.1. The van der Waals surface area contributed by atoms with Crippen LogP contribution in [0.2, 0.25) is 0 Å². The van der Waals surface area contributed by atoms with E-state index in [2.05, 4.69) is 49.8 Å². The molecule has 1 aliphatic carbocycles. The first-order valence-corrected chi connectivity index (χ1v) is 16.4. The van der Waals surface area contributed by atoms with E-state index in [1.54, 1.807) is 35.2 Å². The number of benzene rings is 1. The summed E-state index contributed by atoms with van der Waals surface area (Å²) in [7, 11) is 0. The van der Waals surface area contributed by atoms with Gasteiger partial charge in [-0.05, 0) is 84.8 Å². The maximum Gasteiger partial charge on any atom is 0.411 e. The zero-order chi connectivity index (χ0) is 33.7. The van der Waals surface area contributed by atoms with Crippen LogP contribution in [-0.2, 0) is 25.6 Å². The highest BCUT2D eigenvalue weighted by atomic mass is 79.9. The SMILES string of the molecule is C=CCCCCOC(=O)Nc1ccc2c(C(C)=O)nn(CC(=O)N3[C@H](C(=O)Nc4nc(Br)ccc4C)C[C@@]4(COCC=C)C[C@@H]34)c2c1. The van der Waals surface area contributed by atoms with Gasteiger partial charge in [-0.15, -0.1) is 13.2 Å². The number of ether oxygens (including phenoxy) is 2. The molecule has 2 aromatic heterocycles. The number of pyridine rings is 1. The van der Waals surface area contributed by atoms with Crippen LogP contribution < -0.4 is 10.6 Å². The van der Waals surface area contributed by atoms with Gasteiger partial charge in [0.25, 0.3) is 0 Å². The summed E-state index contributed by atoms with van der Waals surface area (Å²) in [6.45, 7) is 11.5. The maximum absolute atomic E-state index is 14.1. The predicted molar refractivity (Wildman–Crippen MR) is 181 cm³/mol. The zero-order valence-corrected chi connectivity index (χ0v) is 28.2. The number of carbonyl (C=O) groups is 4. The third-order valence-corrected chi connectivity index (χ3v) is 9.03. The molecular formula is C34H39BrN6O6. The molecule has 2 N–H and O–H groups in total. The van der Waals surface area contributed by atoms with Crippen molar-refractivity contribution in [2.45, 2.75) is 64.6 Å². The number of aromatic nitrogens is 3. The topological polar surface area (TPSA) is 145 Å². The number of carbonyl (C=O) groups excluding carboxylic acids is 4. The Morgan fingerprint density at radius 1 is 1.11 bits per heavy atom. The van der Waals surface area contributed by atoms with E-state index in [1.165, 1.54) is 11.6 Å². The number of fused-ring (bicyclic) bond motifs is 2. The van der Waals surface area contributed by atoms with E-state index in [-0.39, 0.29) is 47.9 Å². The number of piperidine rings is 1. The molecule has 1 aromatic carbocycles. The van der Waals surface area contributed by atoms with Crippen molar-refractivity contribution in [1.29, 1.82) is 0 Å². The average Bonchev–Trinajstić information content (AvgIpc) is 3.45. The highest BCUT2D eigenvalue weighted by Crippen LogP contribution is 2.60. The summed E-state index contributed by atoms with van der Waals surface area (Å²) in [4.78, 5) is 58.8. The number of amides is 3. The molecule has 0 radical (unpaired) electrons. The van der Waals surface area contributed by atoms with E-state index in [1.807, 2.05) is 19.1 Å². The molecule has 47 heavy (non-hydrogen) atoms. The van der Waals surface area contributed by atoms with Crippen molar-refractivity contribution in [3.8, 4) is 0 Å². The van der Waals surface area contributed by atoms with E-state index in [0.717, 1.165) is 18.4 Å². The van der Waals surface area contributed by atoms with E-state index in [9.17, 15) is 19.2 Å². The number of nitrogens with zero attached hydrogens (tertiary/aromatic N) is 4. The van der Waals surface area contributed by atoms with Gasteiger partial charge in [0.15, 0.2) is 5.78 Å². The molecule has 12 nitrogen and oxygen atoms in total. The van der Waals surface area contributed by atoms with Crippen LogP contribution in [0.3, 0.4) is 0 Å². The summed E-state index contributed by atoms with van der Waals surface area (Å²) >= 11 is 3.35. The number of hydrogen-bond donors (Lipinski definition) is 2. The second kappa shape index (κ2) is 14.6. The highest BCUT2D eigenvalue weighted by Gasteiger charge is 2.67. The lowest BCUT2D eigenvalue weighted by molar-refractivity contribution is -0.138. The molecule has 3 atom stereocenters. The Kier molecular flexibility index (Phi) is 10.6. The van der Waals surface area contributed by atoms with Crippen LogP contribution in [0.4, 0.5) is 16.3 Å². The van der Waals surface area contributed by atoms with Crippen LogP contribution in [0, 0.1) is 12.3 Å². The quantitative estimate of drug-likeness (QED) is 0.0872. The Labute approximate surface area is 281 Å². The van der Waals surface area contributed by atoms with Gasteiger partial charge >= 0.3 is 6.09 Å². The van der Waals surface area contributed by atoms with Gasteiger partial charge in [-0.25, -0.2) is 9.78 Å². The number of Topliss-reactive ketones (excluding diaryl/α,β-unsaturated/α-hetero) is 1. The lowest BCUT2D eigenvalue weighted by Gasteiger charge is -2.27. The minimum atomic E-state index is -0.763. The number of anilines is 2. The lowest BCUT2D eigenvalue weighted by Crippen LogP contribution is -2.47. The van der Waals surface area contributed by atoms with Crippen molar-refractivity contribution in [3.63, 3.8) is 0 Å². The van der Waals surface area contributed by atoms with E-state index >= 15 is 0 Å². The van der Waals surface area contributed by atoms with Gasteiger partial charge in [0.2, 0.25) is 11.8 Å². The second-order valence-electron chi connectivity index (χ2n) is 12.0. The molecule has 0 bridgehead atoms. The number of nitrogens with one attached hydrogen (secondary N) is 2. The molecule has 1 aliphatic heterocycles. The van der Waals surface area contributed by atoms with E-state index in [0.29, 0.717) is 59.5 Å². The summed E-state index contributed by atoms with van der Waals surface area (Å²) in [5, 5.41) is 10.7. The normalized spacial score (nSPS) is 19.6. The van der Waals surface area contributed by atoms with Crippen molar-refractivity contribution in [1.82, 2.24) is 19.7 Å². The average molecular weight is 708 g/mol. The lowest BCUT2D eigenvalue weighted by atomic mass is 10.00. The Balaban J connectivity index is 1.38. The van der Waals surface area contributed by atoms with Gasteiger partial charge in [-0.2, -0.15) is 5.10 Å². The van der Waals surface area contributed by atoms with Crippen molar-refractivity contribution in [2.75, 3.05) is 30.5 Å². The van der Waals surface area contributed by atoms with E-state index in [4.69, 9.17) is 9.47 Å². The van der Waals surface area contributed by atoms with Crippen molar-refractivity contribution >= 4 is 62.0 Å². The zero-order valence-electron chi connectivity index (χ0n) is 26.6. The van der Waals surface area contributed by atoms with Gasteiger partial charge in [0, 0.05) is 29.5 Å². The number of likely N-dealkylation sites (tertiary alicyclic amines) is 1. The van der Waals surface area contributed by atoms with Gasteiger partial charge in [0.1, 0.15) is 28.7 Å². The van der Waals surface area contributed by atoms with Gasteiger partial charge in [-0.1, -0.05) is 18.2 Å². The first-order valence-electron chi connectivity index (χ1n) is 15.6. The molecule has 2 fully saturated rings. The van der Waals surface area contributed by atoms with Crippen molar-refractivity contribution < 1.29 is 28.7 Å². The third kappa shape index (κ3) is 7.62. The molecule has 5 rings (SSSR count). The number of aryl methyl sites for hydroxylation is 1. The fourth-order valence-corrected chi connectivity index (χ4v) is 6.46. The minimum absolute atomic E-state index is 0.195. The number of unbranched alkanes of at least 4 members (excludes halogenated alkanes) is 2. The molecule has 3 amide bonds. The van der Waals surface area contributed by atoms with Gasteiger partial charge < -0.3 is 19.7 Å².